The zero-order valence-corrected chi connectivity index (χ0v) is 25.6. The molecule has 0 saturated carbocycles. The second-order valence-electron chi connectivity index (χ2n) is 10.8. The molecule has 2 aliphatic heterocycles. The van der Waals surface area contributed by atoms with Crippen LogP contribution < -0.4 is 25.2 Å². The number of amides is 1. The molecular formula is C31H34ClN5O3S. The zero-order chi connectivity index (χ0) is 29.5. The Morgan fingerprint density at radius 1 is 1.20 bits per heavy atom. The summed E-state index contributed by atoms with van der Waals surface area (Å²) in [6.45, 7) is 6.43. The van der Waals surface area contributed by atoms with Crippen LogP contribution in [0, 0.1) is 0 Å². The van der Waals surface area contributed by atoms with E-state index >= 15 is 0 Å². The highest BCUT2D eigenvalue weighted by atomic mass is 35.5. The highest BCUT2D eigenvalue weighted by Gasteiger charge is 2.43. The third kappa shape index (κ3) is 5.37. The van der Waals surface area contributed by atoms with Gasteiger partial charge in [0.05, 0.1) is 36.1 Å². The molecule has 0 aliphatic carbocycles. The minimum atomic E-state index is -0.334. The molecule has 1 fully saturated rings. The molecule has 5 rings (SSSR count). The molecule has 41 heavy (non-hydrogen) atoms. The number of anilines is 3. The highest BCUT2D eigenvalue weighted by molar-refractivity contribution is 7.80. The summed E-state index contributed by atoms with van der Waals surface area (Å²) in [5.41, 5.74) is 6.25. The number of aromatic nitrogens is 1. The van der Waals surface area contributed by atoms with Gasteiger partial charge in [0.1, 0.15) is 12.4 Å². The number of nitrogens with one attached hydrogen (secondary N) is 2. The molecule has 3 heterocycles. The number of rotatable bonds is 7. The SMILES string of the molecule is COCC(=O)Nc1cc(N2C(=S)NC(c3ccccn3)C2c2cc3c(cc2Cl)N(C)C(C)(C)C=C3C)ccc1OC. The van der Waals surface area contributed by atoms with Crippen molar-refractivity contribution in [2.45, 2.75) is 38.4 Å². The second kappa shape index (κ2) is 11.3. The molecule has 2 aromatic carbocycles. The maximum atomic E-state index is 12.4. The summed E-state index contributed by atoms with van der Waals surface area (Å²) >= 11 is 13.1. The van der Waals surface area contributed by atoms with Crippen molar-refractivity contribution in [1.29, 1.82) is 0 Å². The lowest BCUT2D eigenvalue weighted by Gasteiger charge is -2.41. The number of carbonyl (C=O) groups is 1. The lowest BCUT2D eigenvalue weighted by Crippen LogP contribution is -2.42. The van der Waals surface area contributed by atoms with Gasteiger partial charge in [-0.3, -0.25) is 9.78 Å². The van der Waals surface area contributed by atoms with Crippen molar-refractivity contribution in [2.24, 2.45) is 0 Å². The normalized spacial score (nSPS) is 19.4. The molecule has 3 aromatic rings. The van der Waals surface area contributed by atoms with Gasteiger partial charge >= 0.3 is 0 Å². The number of benzene rings is 2. The van der Waals surface area contributed by atoms with Gasteiger partial charge in [-0.25, -0.2) is 0 Å². The lowest BCUT2D eigenvalue weighted by atomic mass is 9.86. The topological polar surface area (TPSA) is 79.0 Å². The van der Waals surface area contributed by atoms with E-state index in [-0.39, 0.29) is 30.1 Å². The number of ether oxygens (including phenoxy) is 2. The largest absolute Gasteiger partial charge is 0.495 e. The third-order valence-electron chi connectivity index (χ3n) is 7.76. The van der Waals surface area contributed by atoms with Gasteiger partial charge < -0.3 is 29.9 Å². The first-order valence-corrected chi connectivity index (χ1v) is 14.1. The fourth-order valence-corrected chi connectivity index (χ4v) is 6.24. The van der Waals surface area contributed by atoms with Gasteiger partial charge in [-0.2, -0.15) is 0 Å². The molecule has 1 amide bonds. The molecular weight excluding hydrogens is 558 g/mol. The van der Waals surface area contributed by atoms with Crippen molar-refractivity contribution in [3.8, 4) is 5.75 Å². The first-order chi connectivity index (χ1) is 19.6. The average molecular weight is 592 g/mol. The summed E-state index contributed by atoms with van der Waals surface area (Å²) in [6.07, 6.45) is 4.05. The summed E-state index contributed by atoms with van der Waals surface area (Å²) < 4.78 is 10.5. The number of allylic oxidation sites excluding steroid dienone is 1. The van der Waals surface area contributed by atoms with E-state index in [0.717, 1.165) is 28.2 Å². The Labute approximate surface area is 251 Å². The number of pyridine rings is 1. The van der Waals surface area contributed by atoms with Gasteiger partial charge in [-0.15, -0.1) is 0 Å². The van der Waals surface area contributed by atoms with Gasteiger partial charge in [0.15, 0.2) is 5.11 Å². The van der Waals surface area contributed by atoms with Crippen LogP contribution in [0.5, 0.6) is 5.75 Å². The highest BCUT2D eigenvalue weighted by Crippen LogP contribution is 2.48. The summed E-state index contributed by atoms with van der Waals surface area (Å²) in [7, 11) is 5.12. The number of likely N-dealkylation sites (N-methyl/N-ethyl adjacent to an activating group) is 1. The Morgan fingerprint density at radius 3 is 2.66 bits per heavy atom. The van der Waals surface area contributed by atoms with Gasteiger partial charge in [0.2, 0.25) is 5.91 Å². The molecule has 8 nitrogen and oxygen atoms in total. The standard InChI is InChI=1S/C31H34ClN5O3S/c1-18-16-31(2,3)36(4)25-15-22(32)21(14-20(18)25)29-28(23-9-7-8-12-33-23)35-30(41)37(29)19-10-11-26(40-6)24(13-19)34-27(38)17-39-5/h7-16,28-29H,17H2,1-6H3,(H,34,38)(H,35,41). The van der Waals surface area contributed by atoms with Crippen molar-refractivity contribution >= 4 is 57.5 Å². The summed E-state index contributed by atoms with van der Waals surface area (Å²) in [5, 5.41) is 7.52. The molecule has 0 radical (unpaired) electrons. The van der Waals surface area contributed by atoms with Crippen LogP contribution in [0.25, 0.3) is 5.57 Å². The zero-order valence-electron chi connectivity index (χ0n) is 24.0. The van der Waals surface area contributed by atoms with Crippen LogP contribution in [0.15, 0.2) is 60.8 Å². The quantitative estimate of drug-likeness (QED) is 0.317. The molecule has 2 atom stereocenters. The van der Waals surface area contributed by atoms with Gasteiger partial charge in [-0.05, 0) is 86.6 Å². The minimum Gasteiger partial charge on any atom is -0.495 e. The molecule has 0 bridgehead atoms. The first kappa shape index (κ1) is 28.9. The predicted molar refractivity (Wildman–Crippen MR) is 169 cm³/mol. The van der Waals surface area contributed by atoms with Crippen molar-refractivity contribution in [2.75, 3.05) is 43.0 Å². The molecule has 0 spiro atoms. The number of nitrogens with zero attached hydrogens (tertiary/aromatic N) is 3. The van der Waals surface area contributed by atoms with Gasteiger partial charge in [0.25, 0.3) is 0 Å². The number of hydrogen-bond acceptors (Lipinski definition) is 6. The van der Waals surface area contributed by atoms with E-state index in [1.165, 1.54) is 12.7 Å². The van der Waals surface area contributed by atoms with Crippen LogP contribution in [-0.4, -0.2) is 49.4 Å². The van der Waals surface area contributed by atoms with Crippen LogP contribution >= 0.6 is 23.8 Å². The number of fused-ring (bicyclic) bond motifs is 1. The van der Waals surface area contributed by atoms with Crippen LogP contribution in [0.1, 0.15) is 49.7 Å². The maximum absolute atomic E-state index is 12.4. The van der Waals surface area contributed by atoms with E-state index in [1.807, 2.05) is 47.4 Å². The molecule has 10 heteroatoms. The van der Waals surface area contributed by atoms with E-state index in [4.69, 9.17) is 33.3 Å². The number of halogens is 1. The van der Waals surface area contributed by atoms with Crippen molar-refractivity contribution in [3.05, 3.63) is 82.6 Å². The molecule has 2 N–H and O–H groups in total. The smallest absolute Gasteiger partial charge is 0.250 e. The van der Waals surface area contributed by atoms with Crippen LogP contribution in [0.3, 0.4) is 0 Å². The summed E-state index contributed by atoms with van der Waals surface area (Å²) in [6, 6.07) is 15.0. The summed E-state index contributed by atoms with van der Waals surface area (Å²) in [5.74, 6) is 0.229. The fourth-order valence-electron chi connectivity index (χ4n) is 5.62. The maximum Gasteiger partial charge on any atom is 0.250 e. The molecule has 214 valence electrons. The Kier molecular flexibility index (Phi) is 7.96. The number of thiocarbonyl (C=S) groups is 1. The lowest BCUT2D eigenvalue weighted by molar-refractivity contribution is -0.119. The van der Waals surface area contributed by atoms with Crippen LogP contribution in [0.2, 0.25) is 5.02 Å². The number of hydrogen-bond donors (Lipinski definition) is 2. The fraction of sp³-hybridized carbons (Fsp3) is 0.323. The van der Waals surface area contributed by atoms with Crippen molar-refractivity contribution < 1.29 is 14.3 Å². The Hall–Kier alpha value is -3.66. The Morgan fingerprint density at radius 2 is 1.98 bits per heavy atom. The van der Waals surface area contributed by atoms with Gasteiger partial charge in [-0.1, -0.05) is 23.7 Å². The minimum absolute atomic E-state index is 0.0791. The van der Waals surface area contributed by atoms with Gasteiger partial charge in [0, 0.05) is 42.3 Å². The van der Waals surface area contributed by atoms with Crippen molar-refractivity contribution in [1.82, 2.24) is 10.3 Å². The molecule has 1 saturated heterocycles. The molecule has 2 aliphatic rings. The Bertz CT molecular complexity index is 1530. The van der Waals surface area contributed by atoms with Crippen molar-refractivity contribution in [3.63, 3.8) is 0 Å². The molecule has 1 aromatic heterocycles. The predicted octanol–water partition coefficient (Wildman–Crippen LogP) is 6.14. The monoisotopic (exact) mass is 591 g/mol. The number of carbonyl (C=O) groups excluding carboxylic acids is 1. The third-order valence-corrected chi connectivity index (χ3v) is 8.40. The van der Waals surface area contributed by atoms with E-state index in [1.54, 1.807) is 13.3 Å². The first-order valence-electron chi connectivity index (χ1n) is 13.3. The van der Waals surface area contributed by atoms with E-state index in [9.17, 15) is 4.79 Å². The summed E-state index contributed by atoms with van der Waals surface area (Å²) in [4.78, 5) is 21.3. The van der Waals surface area contributed by atoms with E-state index < -0.39 is 0 Å². The number of methoxy groups -OCH3 is 2. The Balaban J connectivity index is 1.67. The average Bonchev–Trinajstić information content (AvgIpc) is 3.28. The molecule has 2 unspecified atom stereocenters. The van der Waals surface area contributed by atoms with E-state index in [2.05, 4.69) is 60.5 Å². The van der Waals surface area contributed by atoms with Crippen LogP contribution in [-0.2, 0) is 9.53 Å². The van der Waals surface area contributed by atoms with Crippen LogP contribution in [0.4, 0.5) is 17.1 Å². The second-order valence-corrected chi connectivity index (χ2v) is 11.6. The van der Waals surface area contributed by atoms with E-state index in [0.29, 0.717) is 21.6 Å².